The lowest BCUT2D eigenvalue weighted by atomic mass is 9.80. The molecule has 0 aromatic carbocycles. The van der Waals surface area contributed by atoms with E-state index in [1.54, 1.807) is 4.52 Å². The molecule has 1 aliphatic rings. The fourth-order valence-corrected chi connectivity index (χ4v) is 2.35. The van der Waals surface area contributed by atoms with Gasteiger partial charge in [0.1, 0.15) is 0 Å². The van der Waals surface area contributed by atoms with Crippen molar-refractivity contribution in [2.24, 2.45) is 0 Å². The van der Waals surface area contributed by atoms with Gasteiger partial charge in [-0.25, -0.2) is 9.50 Å². The molecule has 2 heterocycles. The van der Waals surface area contributed by atoms with Gasteiger partial charge in [-0.2, -0.15) is 4.98 Å². The number of hydrogen-bond acceptors (Lipinski definition) is 5. The Kier molecular flexibility index (Phi) is 2.93. The summed E-state index contributed by atoms with van der Waals surface area (Å²) in [4.78, 5) is 20.4. The summed E-state index contributed by atoms with van der Waals surface area (Å²) in [5.74, 6) is 0.108. The molecule has 0 atom stereocenters. The Morgan fingerprint density at radius 3 is 2.85 bits per heavy atom. The van der Waals surface area contributed by atoms with Gasteiger partial charge in [0.25, 0.3) is 11.7 Å². The number of nitrogens with zero attached hydrogens (tertiary/aromatic N) is 4. The van der Waals surface area contributed by atoms with E-state index in [-0.39, 0.29) is 18.3 Å². The lowest BCUT2D eigenvalue weighted by Gasteiger charge is -2.36. The van der Waals surface area contributed by atoms with Crippen LogP contribution in [0.2, 0.25) is 0 Å². The first-order valence-electron chi connectivity index (χ1n) is 6.68. The predicted octanol–water partition coefficient (Wildman–Crippen LogP) is 0.386. The average molecular weight is 275 g/mol. The minimum absolute atomic E-state index is 0.0779. The van der Waals surface area contributed by atoms with E-state index in [0.717, 1.165) is 30.7 Å². The van der Waals surface area contributed by atoms with Gasteiger partial charge < -0.3 is 10.4 Å². The molecule has 2 N–H and O–H groups in total. The summed E-state index contributed by atoms with van der Waals surface area (Å²) < 4.78 is 1.54. The van der Waals surface area contributed by atoms with Gasteiger partial charge >= 0.3 is 0 Å². The fraction of sp³-hybridized carbons (Fsp3) is 0.538. The van der Waals surface area contributed by atoms with Gasteiger partial charge in [-0.3, -0.25) is 4.79 Å². The van der Waals surface area contributed by atoms with Crippen molar-refractivity contribution >= 4 is 11.7 Å². The lowest BCUT2D eigenvalue weighted by Crippen LogP contribution is -2.47. The molecule has 0 spiro atoms. The van der Waals surface area contributed by atoms with Gasteiger partial charge in [0, 0.05) is 17.9 Å². The zero-order valence-electron chi connectivity index (χ0n) is 11.6. The lowest BCUT2D eigenvalue weighted by molar-refractivity contribution is -0.0301. The van der Waals surface area contributed by atoms with Gasteiger partial charge in [-0.1, -0.05) is 0 Å². The van der Waals surface area contributed by atoms with E-state index in [9.17, 15) is 9.90 Å². The molecule has 0 bridgehead atoms. The van der Waals surface area contributed by atoms with E-state index in [4.69, 9.17) is 0 Å². The highest BCUT2D eigenvalue weighted by molar-refractivity contribution is 5.90. The van der Waals surface area contributed by atoms with Crippen LogP contribution in [0.25, 0.3) is 5.78 Å². The van der Waals surface area contributed by atoms with E-state index in [1.807, 2.05) is 19.9 Å². The molecule has 2 aromatic rings. The first-order chi connectivity index (χ1) is 9.47. The average Bonchev–Trinajstić information content (AvgIpc) is 2.77. The summed E-state index contributed by atoms with van der Waals surface area (Å²) in [6.45, 7) is 4.00. The van der Waals surface area contributed by atoms with Crippen LogP contribution in [0.15, 0.2) is 6.07 Å². The minimum atomic E-state index is -0.750. The van der Waals surface area contributed by atoms with Gasteiger partial charge in [0.05, 0.1) is 5.60 Å². The predicted molar refractivity (Wildman–Crippen MR) is 71.4 cm³/mol. The number of aromatic nitrogens is 4. The highest BCUT2D eigenvalue weighted by Crippen LogP contribution is 2.30. The maximum atomic E-state index is 12.0. The molecule has 0 saturated heterocycles. The van der Waals surface area contributed by atoms with Crippen molar-refractivity contribution in [2.75, 3.05) is 6.54 Å². The Balaban J connectivity index is 1.79. The Morgan fingerprint density at radius 2 is 2.20 bits per heavy atom. The molecule has 0 aliphatic heterocycles. The summed E-state index contributed by atoms with van der Waals surface area (Å²) in [7, 11) is 0. The molecular weight excluding hydrogens is 258 g/mol. The second-order valence-electron chi connectivity index (χ2n) is 5.45. The SMILES string of the molecule is Cc1cc(C)n2nc(C(=O)NCC3(O)CCC3)nc2n1. The number of hydrogen-bond donors (Lipinski definition) is 2. The molecule has 0 radical (unpaired) electrons. The number of aliphatic hydroxyl groups is 1. The number of carbonyl (C=O) groups is 1. The molecular formula is C13H17N5O2. The third-order valence-corrected chi connectivity index (χ3v) is 3.68. The van der Waals surface area contributed by atoms with Crippen molar-refractivity contribution in [3.05, 3.63) is 23.3 Å². The Labute approximate surface area is 116 Å². The standard InChI is InChI=1S/C13H17N5O2/c1-8-6-9(2)18-12(15-8)16-10(17-18)11(19)14-7-13(20)4-3-5-13/h6,20H,3-5,7H2,1-2H3,(H,14,19). The van der Waals surface area contributed by atoms with Crippen LogP contribution < -0.4 is 5.32 Å². The molecule has 1 amide bonds. The van der Waals surface area contributed by atoms with Crippen LogP contribution in [-0.4, -0.2) is 42.7 Å². The number of nitrogens with one attached hydrogen (secondary N) is 1. The van der Waals surface area contributed by atoms with Crippen LogP contribution in [0.4, 0.5) is 0 Å². The molecule has 3 rings (SSSR count). The molecule has 7 nitrogen and oxygen atoms in total. The third kappa shape index (κ3) is 2.24. The Morgan fingerprint density at radius 1 is 1.45 bits per heavy atom. The summed E-state index contributed by atoms with van der Waals surface area (Å²) in [5, 5.41) is 16.8. The second-order valence-corrected chi connectivity index (χ2v) is 5.45. The van der Waals surface area contributed by atoms with E-state index in [2.05, 4.69) is 20.4 Å². The maximum Gasteiger partial charge on any atom is 0.291 e. The van der Waals surface area contributed by atoms with Crippen molar-refractivity contribution in [1.29, 1.82) is 0 Å². The molecule has 2 aromatic heterocycles. The van der Waals surface area contributed by atoms with Crippen LogP contribution in [0.5, 0.6) is 0 Å². The number of rotatable bonds is 3. The van der Waals surface area contributed by atoms with Gasteiger partial charge in [0.15, 0.2) is 0 Å². The highest BCUT2D eigenvalue weighted by atomic mass is 16.3. The second kappa shape index (κ2) is 4.52. The third-order valence-electron chi connectivity index (χ3n) is 3.68. The normalized spacial score (nSPS) is 16.9. The first kappa shape index (κ1) is 13.0. The van der Waals surface area contributed by atoms with Crippen molar-refractivity contribution in [3.63, 3.8) is 0 Å². The molecule has 20 heavy (non-hydrogen) atoms. The summed E-state index contributed by atoms with van der Waals surface area (Å²) >= 11 is 0. The Bertz CT molecular complexity index is 675. The number of aryl methyl sites for hydroxylation is 2. The largest absolute Gasteiger partial charge is 0.388 e. The van der Waals surface area contributed by atoms with Crippen LogP contribution in [0.3, 0.4) is 0 Å². The fourth-order valence-electron chi connectivity index (χ4n) is 2.35. The summed E-state index contributed by atoms with van der Waals surface area (Å²) in [6.07, 6.45) is 2.46. The number of amides is 1. The topological polar surface area (TPSA) is 92.4 Å². The van der Waals surface area contributed by atoms with Crippen molar-refractivity contribution in [2.45, 2.75) is 38.7 Å². The molecule has 106 valence electrons. The van der Waals surface area contributed by atoms with E-state index in [1.165, 1.54) is 0 Å². The monoisotopic (exact) mass is 275 g/mol. The minimum Gasteiger partial charge on any atom is -0.388 e. The Hall–Kier alpha value is -2.02. The van der Waals surface area contributed by atoms with Gasteiger partial charge in [-0.15, -0.1) is 5.10 Å². The first-order valence-corrected chi connectivity index (χ1v) is 6.68. The van der Waals surface area contributed by atoms with E-state index >= 15 is 0 Å². The maximum absolute atomic E-state index is 12.0. The van der Waals surface area contributed by atoms with Gasteiger partial charge in [0.2, 0.25) is 5.82 Å². The van der Waals surface area contributed by atoms with Crippen molar-refractivity contribution in [1.82, 2.24) is 24.9 Å². The van der Waals surface area contributed by atoms with Crippen LogP contribution in [-0.2, 0) is 0 Å². The quantitative estimate of drug-likeness (QED) is 0.845. The molecule has 1 fully saturated rings. The van der Waals surface area contributed by atoms with Crippen LogP contribution in [0, 0.1) is 13.8 Å². The van der Waals surface area contributed by atoms with E-state index in [0.29, 0.717) is 5.78 Å². The van der Waals surface area contributed by atoms with Crippen LogP contribution in [0.1, 0.15) is 41.3 Å². The van der Waals surface area contributed by atoms with E-state index < -0.39 is 5.60 Å². The molecule has 1 aliphatic carbocycles. The van der Waals surface area contributed by atoms with Crippen LogP contribution >= 0.6 is 0 Å². The zero-order valence-corrected chi connectivity index (χ0v) is 11.6. The summed E-state index contributed by atoms with van der Waals surface area (Å²) in [5.41, 5.74) is 0.953. The molecule has 0 unspecified atom stereocenters. The number of fused-ring (bicyclic) bond motifs is 1. The number of carbonyl (C=O) groups excluding carboxylic acids is 1. The highest BCUT2D eigenvalue weighted by Gasteiger charge is 2.34. The smallest absolute Gasteiger partial charge is 0.291 e. The van der Waals surface area contributed by atoms with Crippen molar-refractivity contribution in [3.8, 4) is 0 Å². The zero-order chi connectivity index (χ0) is 14.3. The molecule has 7 heteroatoms. The van der Waals surface area contributed by atoms with Crippen molar-refractivity contribution < 1.29 is 9.90 Å². The van der Waals surface area contributed by atoms with Gasteiger partial charge in [-0.05, 0) is 39.2 Å². The summed E-state index contributed by atoms with van der Waals surface area (Å²) in [6, 6.07) is 1.88. The molecule has 1 saturated carbocycles.